The fraction of sp³-hybridized carbons (Fsp3) is 0.200. The molecule has 1 heteroatoms. The molecule has 0 spiro atoms. The summed E-state index contributed by atoms with van der Waals surface area (Å²) in [6.07, 6.45) is 14.3. The van der Waals surface area contributed by atoms with Crippen molar-refractivity contribution in [2.24, 2.45) is 0 Å². The summed E-state index contributed by atoms with van der Waals surface area (Å²) in [6.45, 7) is 4.00. The third-order valence-corrected chi connectivity index (χ3v) is 6.00. The highest BCUT2D eigenvalue weighted by atomic mass is 15.1. The molecular weight excluding hydrogens is 374 g/mol. The molecule has 5 rings (SSSR count). The molecule has 3 aromatic rings. The van der Waals surface area contributed by atoms with Gasteiger partial charge in [0.05, 0.1) is 6.04 Å². The van der Waals surface area contributed by atoms with E-state index in [4.69, 9.17) is 0 Å². The molecule has 31 heavy (non-hydrogen) atoms. The van der Waals surface area contributed by atoms with Crippen LogP contribution in [-0.2, 0) is 0 Å². The van der Waals surface area contributed by atoms with Crippen LogP contribution in [0.4, 0.5) is 0 Å². The minimum absolute atomic E-state index is 0.396. The van der Waals surface area contributed by atoms with Crippen LogP contribution in [0.5, 0.6) is 0 Å². The van der Waals surface area contributed by atoms with Gasteiger partial charge in [0.15, 0.2) is 0 Å². The molecular formula is C30H31N. The molecule has 1 aliphatic carbocycles. The van der Waals surface area contributed by atoms with Gasteiger partial charge in [0.2, 0.25) is 0 Å². The molecule has 2 aliphatic rings. The molecule has 2 unspecified atom stereocenters. The Kier molecular flexibility index (Phi) is 6.52. The average molecular weight is 406 g/mol. The maximum absolute atomic E-state index is 2.35. The van der Waals surface area contributed by atoms with Crippen LogP contribution < -0.4 is 0 Å². The number of hydrogen-bond acceptors (Lipinski definition) is 1. The highest BCUT2D eigenvalue weighted by molar-refractivity contribution is 5.74. The Bertz CT molecular complexity index is 1120. The van der Waals surface area contributed by atoms with Gasteiger partial charge in [0, 0.05) is 13.0 Å². The number of benzene rings is 3. The van der Waals surface area contributed by atoms with Crippen LogP contribution in [0.3, 0.4) is 0 Å². The Labute approximate surface area is 187 Å². The number of allylic oxidation sites excluding steroid dienone is 4. The van der Waals surface area contributed by atoms with E-state index in [-0.39, 0.29) is 0 Å². The summed E-state index contributed by atoms with van der Waals surface area (Å²) in [4.78, 5) is 2.25. The normalized spacial score (nSPS) is 18.9. The third-order valence-electron chi connectivity index (χ3n) is 6.00. The van der Waals surface area contributed by atoms with Crippen LogP contribution in [0.15, 0.2) is 109 Å². The minimum atomic E-state index is 0.396. The molecule has 0 amide bonds. The lowest BCUT2D eigenvalue weighted by Crippen LogP contribution is -2.24. The van der Waals surface area contributed by atoms with Gasteiger partial charge in [-0.2, -0.15) is 0 Å². The molecule has 1 aliphatic heterocycles. The standard InChI is InChI=1S/C28H25N.C2H6/c1-29-17-16-28(29)27-15-7-14-26(20-27)25-13-6-12-24(19-25)23-11-5-10-22(18-23)21-8-3-2-4-9-21;1-2/h2-8,10-21,28H,9H2,1H3;1-2H3. The fourth-order valence-corrected chi connectivity index (χ4v) is 4.25. The molecule has 0 N–H and O–H groups in total. The van der Waals surface area contributed by atoms with E-state index in [9.17, 15) is 0 Å². The Balaban J connectivity index is 0.00000112. The topological polar surface area (TPSA) is 3.24 Å². The first-order valence-corrected chi connectivity index (χ1v) is 11.3. The van der Waals surface area contributed by atoms with Gasteiger partial charge < -0.3 is 4.90 Å². The molecule has 0 bridgehead atoms. The van der Waals surface area contributed by atoms with E-state index in [0.29, 0.717) is 12.0 Å². The minimum Gasteiger partial charge on any atom is -0.370 e. The van der Waals surface area contributed by atoms with Crippen molar-refractivity contribution in [3.63, 3.8) is 0 Å². The van der Waals surface area contributed by atoms with Crippen LogP contribution in [0.1, 0.15) is 43.4 Å². The van der Waals surface area contributed by atoms with E-state index < -0.39 is 0 Å². The zero-order valence-corrected chi connectivity index (χ0v) is 18.7. The predicted octanol–water partition coefficient (Wildman–Crippen LogP) is 8.15. The number of likely N-dealkylation sites (N-methyl/N-ethyl adjacent to an activating group) is 1. The first-order valence-electron chi connectivity index (χ1n) is 11.3. The van der Waals surface area contributed by atoms with E-state index in [1.165, 1.54) is 33.4 Å². The van der Waals surface area contributed by atoms with Crippen molar-refractivity contribution >= 4 is 0 Å². The van der Waals surface area contributed by atoms with Gasteiger partial charge in [-0.25, -0.2) is 0 Å². The van der Waals surface area contributed by atoms with Gasteiger partial charge in [-0.1, -0.05) is 98.8 Å². The highest BCUT2D eigenvalue weighted by Crippen LogP contribution is 2.33. The molecule has 0 fully saturated rings. The van der Waals surface area contributed by atoms with Gasteiger partial charge in [-0.15, -0.1) is 0 Å². The fourth-order valence-electron chi connectivity index (χ4n) is 4.25. The number of nitrogens with zero attached hydrogens (tertiary/aromatic N) is 1. The molecule has 0 aromatic heterocycles. The van der Waals surface area contributed by atoms with Gasteiger partial charge in [0.25, 0.3) is 0 Å². The van der Waals surface area contributed by atoms with E-state index in [0.717, 1.165) is 6.42 Å². The van der Waals surface area contributed by atoms with Crippen molar-refractivity contribution in [3.05, 3.63) is 121 Å². The SMILES string of the molecule is CC.CN1C=CC1c1cccc(-c2cccc(-c3cccc(C4C=CC=CC4)c3)c2)c1. The van der Waals surface area contributed by atoms with Crippen LogP contribution in [0.2, 0.25) is 0 Å². The van der Waals surface area contributed by atoms with E-state index in [1.54, 1.807) is 0 Å². The van der Waals surface area contributed by atoms with Gasteiger partial charge >= 0.3 is 0 Å². The van der Waals surface area contributed by atoms with Crippen molar-refractivity contribution in [2.75, 3.05) is 7.05 Å². The lowest BCUT2D eigenvalue weighted by Gasteiger charge is -2.32. The summed E-state index contributed by atoms with van der Waals surface area (Å²) in [6, 6.07) is 27.2. The van der Waals surface area contributed by atoms with Gasteiger partial charge in [-0.3, -0.25) is 0 Å². The summed E-state index contributed by atoms with van der Waals surface area (Å²) >= 11 is 0. The molecule has 1 heterocycles. The molecule has 156 valence electrons. The Hall–Kier alpha value is -3.32. The van der Waals surface area contributed by atoms with Crippen molar-refractivity contribution in [3.8, 4) is 22.3 Å². The lowest BCUT2D eigenvalue weighted by molar-refractivity contribution is 0.343. The van der Waals surface area contributed by atoms with Crippen molar-refractivity contribution in [1.82, 2.24) is 4.90 Å². The molecule has 0 saturated heterocycles. The second-order valence-corrected chi connectivity index (χ2v) is 7.94. The van der Waals surface area contributed by atoms with Crippen molar-refractivity contribution in [1.29, 1.82) is 0 Å². The Morgan fingerprint density at radius 2 is 1.26 bits per heavy atom. The second-order valence-electron chi connectivity index (χ2n) is 7.94. The highest BCUT2D eigenvalue weighted by Gasteiger charge is 2.18. The maximum atomic E-state index is 2.35. The smallest absolute Gasteiger partial charge is 0.0734 e. The second kappa shape index (κ2) is 9.66. The van der Waals surface area contributed by atoms with E-state index >= 15 is 0 Å². The summed E-state index contributed by atoms with van der Waals surface area (Å²) in [5, 5.41) is 0. The molecule has 2 atom stereocenters. The van der Waals surface area contributed by atoms with Gasteiger partial charge in [-0.05, 0) is 64.2 Å². The summed E-state index contributed by atoms with van der Waals surface area (Å²) in [5.41, 5.74) is 7.82. The van der Waals surface area contributed by atoms with E-state index in [1.807, 2.05) is 13.8 Å². The average Bonchev–Trinajstić information content (AvgIpc) is 2.85. The van der Waals surface area contributed by atoms with E-state index in [2.05, 4.69) is 121 Å². The Morgan fingerprint density at radius 1 is 0.677 bits per heavy atom. The van der Waals surface area contributed by atoms with Crippen LogP contribution >= 0.6 is 0 Å². The quantitative estimate of drug-likeness (QED) is 0.423. The van der Waals surface area contributed by atoms with Crippen LogP contribution in [-0.4, -0.2) is 11.9 Å². The zero-order chi connectivity index (χ0) is 21.6. The van der Waals surface area contributed by atoms with Crippen LogP contribution in [0.25, 0.3) is 22.3 Å². The first kappa shape index (κ1) is 20.9. The van der Waals surface area contributed by atoms with Crippen LogP contribution in [0, 0.1) is 0 Å². The summed E-state index contributed by atoms with van der Waals surface area (Å²) in [7, 11) is 2.13. The molecule has 3 aromatic carbocycles. The molecule has 1 nitrogen and oxygen atoms in total. The predicted molar refractivity (Wildman–Crippen MR) is 134 cm³/mol. The first-order chi connectivity index (χ1) is 15.3. The number of hydrogen-bond donors (Lipinski definition) is 0. The van der Waals surface area contributed by atoms with Gasteiger partial charge in [0.1, 0.15) is 0 Å². The lowest BCUT2D eigenvalue weighted by atomic mass is 9.90. The third kappa shape index (κ3) is 4.56. The monoisotopic (exact) mass is 405 g/mol. The largest absolute Gasteiger partial charge is 0.370 e. The zero-order valence-electron chi connectivity index (χ0n) is 18.7. The maximum Gasteiger partial charge on any atom is 0.0734 e. The number of rotatable bonds is 4. The summed E-state index contributed by atoms with van der Waals surface area (Å²) < 4.78 is 0. The van der Waals surface area contributed by atoms with Crippen molar-refractivity contribution in [2.45, 2.75) is 32.2 Å². The molecule has 0 radical (unpaired) electrons. The molecule has 0 saturated carbocycles. The summed E-state index contributed by atoms with van der Waals surface area (Å²) in [5.74, 6) is 0.479. The Morgan fingerprint density at radius 3 is 1.81 bits per heavy atom. The van der Waals surface area contributed by atoms with Crippen molar-refractivity contribution < 1.29 is 0 Å².